The van der Waals surface area contributed by atoms with E-state index in [2.05, 4.69) is 20.6 Å². The average molecular weight is 612 g/mol. The van der Waals surface area contributed by atoms with Crippen molar-refractivity contribution in [3.8, 4) is 23.3 Å². The highest BCUT2D eigenvalue weighted by Gasteiger charge is 2.20. The number of anilines is 3. The fourth-order valence-corrected chi connectivity index (χ4v) is 5.24. The van der Waals surface area contributed by atoms with E-state index in [0.717, 1.165) is 0 Å². The van der Waals surface area contributed by atoms with Crippen LogP contribution in [0, 0.1) is 11.3 Å². The van der Waals surface area contributed by atoms with Gasteiger partial charge in [0.1, 0.15) is 28.1 Å². The number of benzene rings is 3. The number of amides is 1. The van der Waals surface area contributed by atoms with Crippen molar-refractivity contribution in [3.63, 3.8) is 0 Å². The highest BCUT2D eigenvalue weighted by molar-refractivity contribution is 7.85. The maximum atomic E-state index is 13.3. The van der Waals surface area contributed by atoms with Crippen LogP contribution in [0.3, 0.4) is 0 Å². The molecule has 0 spiro atoms. The maximum Gasteiger partial charge on any atom is 0.237 e. The molecule has 0 fully saturated rings. The molecule has 0 saturated heterocycles. The third-order valence-electron chi connectivity index (χ3n) is 5.69. The molecular formula is C28H23Cl2N5O5S. The molecule has 1 heterocycles. The Kier molecular flexibility index (Phi) is 9.62. The third-order valence-corrected chi connectivity index (χ3v) is 7.40. The zero-order valence-electron chi connectivity index (χ0n) is 22.0. The summed E-state index contributed by atoms with van der Waals surface area (Å²) in [6.45, 7) is 0. The molecule has 0 radical (unpaired) electrons. The summed E-state index contributed by atoms with van der Waals surface area (Å²) >= 11 is 13.0. The first-order valence-electron chi connectivity index (χ1n) is 11.8. The Hall–Kier alpha value is -4.37. The lowest BCUT2D eigenvalue weighted by atomic mass is 10.1. The van der Waals surface area contributed by atoms with Crippen LogP contribution < -0.4 is 24.8 Å². The molecule has 0 saturated carbocycles. The minimum Gasteiger partial charge on any atom is -0.495 e. The Balaban J connectivity index is 1.74. The average Bonchev–Trinajstić information content (AvgIpc) is 2.97. The molecule has 4 aromatic rings. The zero-order chi connectivity index (χ0) is 29.5. The number of nitriles is 1. The van der Waals surface area contributed by atoms with Crippen LogP contribution in [0.25, 0.3) is 17.0 Å². The fourth-order valence-electron chi connectivity index (χ4n) is 3.81. The summed E-state index contributed by atoms with van der Waals surface area (Å²) in [4.78, 5) is 21.7. The standard InChI is InChI=1S/C28H23Cl2N5O5S/c1-38-22-9-5-4-8-20(22)32-25(36)15-41(37)28-33-21-14-24(40-3)23(39-2)13-17(21)27(35-28)34-26-18(29)11-16(7-6-10-31)12-19(26)30/h4-9,11-14H,15H2,1-3H3,(H,32,36)(H,33,34,35)/b7-6+. The van der Waals surface area contributed by atoms with Gasteiger partial charge in [-0.2, -0.15) is 5.26 Å². The predicted molar refractivity (Wildman–Crippen MR) is 160 cm³/mol. The molecule has 4 rings (SSSR count). The van der Waals surface area contributed by atoms with Crippen LogP contribution in [-0.4, -0.2) is 47.2 Å². The van der Waals surface area contributed by atoms with Gasteiger partial charge in [0, 0.05) is 17.5 Å². The summed E-state index contributed by atoms with van der Waals surface area (Å²) in [6, 6.07) is 15.3. The summed E-state index contributed by atoms with van der Waals surface area (Å²) in [5.41, 5.74) is 1.75. The molecule has 41 heavy (non-hydrogen) atoms. The van der Waals surface area contributed by atoms with Crippen molar-refractivity contribution < 1.29 is 23.2 Å². The van der Waals surface area contributed by atoms with E-state index < -0.39 is 22.5 Å². The van der Waals surface area contributed by atoms with Gasteiger partial charge in [0.2, 0.25) is 11.1 Å². The summed E-state index contributed by atoms with van der Waals surface area (Å²) in [5, 5.41) is 15.5. The number of rotatable bonds is 10. The van der Waals surface area contributed by atoms with E-state index in [1.54, 1.807) is 54.6 Å². The van der Waals surface area contributed by atoms with Gasteiger partial charge in [0.25, 0.3) is 0 Å². The first kappa shape index (κ1) is 29.6. The predicted octanol–water partition coefficient (Wildman–Crippen LogP) is 5.99. The van der Waals surface area contributed by atoms with Gasteiger partial charge in [-0.3, -0.25) is 9.00 Å². The number of fused-ring (bicyclic) bond motifs is 1. The number of hydrogen-bond donors (Lipinski definition) is 2. The molecule has 0 aliphatic rings. The minimum absolute atomic E-state index is 0.108. The van der Waals surface area contributed by atoms with Crippen molar-refractivity contribution >= 4 is 74.1 Å². The molecule has 1 aromatic heterocycles. The van der Waals surface area contributed by atoms with E-state index in [4.69, 9.17) is 42.7 Å². The Morgan fingerprint density at radius 2 is 1.66 bits per heavy atom. The van der Waals surface area contributed by atoms with Crippen molar-refractivity contribution in [2.75, 3.05) is 37.7 Å². The highest BCUT2D eigenvalue weighted by atomic mass is 35.5. The van der Waals surface area contributed by atoms with Crippen LogP contribution >= 0.6 is 23.2 Å². The molecule has 1 amide bonds. The number of aromatic nitrogens is 2. The highest BCUT2D eigenvalue weighted by Crippen LogP contribution is 2.39. The number of allylic oxidation sites excluding steroid dienone is 1. The number of carbonyl (C=O) groups is 1. The second-order valence-corrected chi connectivity index (χ2v) is 10.4. The first-order chi connectivity index (χ1) is 19.8. The molecule has 0 aliphatic carbocycles. The molecule has 2 N–H and O–H groups in total. The van der Waals surface area contributed by atoms with Crippen LogP contribution in [0.4, 0.5) is 17.2 Å². The monoisotopic (exact) mass is 611 g/mol. The lowest BCUT2D eigenvalue weighted by Crippen LogP contribution is -2.21. The molecule has 1 unspecified atom stereocenters. The number of nitrogens with zero attached hydrogens (tertiary/aromatic N) is 3. The topological polar surface area (TPSA) is 135 Å². The van der Waals surface area contributed by atoms with E-state index in [9.17, 15) is 9.00 Å². The van der Waals surface area contributed by atoms with E-state index in [-0.39, 0.29) is 21.0 Å². The number of halogens is 2. The van der Waals surface area contributed by atoms with Crippen LogP contribution in [0.1, 0.15) is 5.56 Å². The summed E-state index contributed by atoms with van der Waals surface area (Å²) < 4.78 is 29.4. The smallest absolute Gasteiger partial charge is 0.237 e. The number of ether oxygens (including phenoxy) is 3. The number of carbonyl (C=O) groups excluding carboxylic acids is 1. The lowest BCUT2D eigenvalue weighted by Gasteiger charge is -2.16. The molecule has 0 bridgehead atoms. The van der Waals surface area contributed by atoms with Gasteiger partial charge in [0.05, 0.1) is 54.3 Å². The van der Waals surface area contributed by atoms with Gasteiger partial charge in [0.15, 0.2) is 11.5 Å². The quantitative estimate of drug-likeness (QED) is 0.164. The van der Waals surface area contributed by atoms with Crippen molar-refractivity contribution in [3.05, 3.63) is 70.2 Å². The molecular weight excluding hydrogens is 589 g/mol. The van der Waals surface area contributed by atoms with Gasteiger partial charge >= 0.3 is 0 Å². The Morgan fingerprint density at radius 1 is 1.00 bits per heavy atom. The second kappa shape index (κ2) is 13.3. The van der Waals surface area contributed by atoms with Gasteiger partial charge in [-0.05, 0) is 42.0 Å². The Labute approximate surface area is 248 Å². The van der Waals surface area contributed by atoms with E-state index in [1.165, 1.54) is 27.4 Å². The van der Waals surface area contributed by atoms with Gasteiger partial charge in [-0.1, -0.05) is 35.3 Å². The fraction of sp³-hybridized carbons (Fsp3) is 0.143. The van der Waals surface area contributed by atoms with Crippen molar-refractivity contribution in [2.24, 2.45) is 0 Å². The van der Waals surface area contributed by atoms with Crippen molar-refractivity contribution in [2.45, 2.75) is 5.16 Å². The Morgan fingerprint density at radius 3 is 2.32 bits per heavy atom. The molecule has 1 atom stereocenters. The van der Waals surface area contributed by atoms with E-state index in [0.29, 0.717) is 45.1 Å². The van der Waals surface area contributed by atoms with Crippen LogP contribution in [0.5, 0.6) is 17.2 Å². The maximum absolute atomic E-state index is 13.3. The molecule has 3 aromatic carbocycles. The van der Waals surface area contributed by atoms with Gasteiger partial charge < -0.3 is 24.8 Å². The SMILES string of the molecule is COc1ccccc1NC(=O)CS(=O)c1nc(Nc2c(Cl)cc(/C=C/C#N)cc2Cl)c2cc(OC)c(OC)cc2n1. The zero-order valence-corrected chi connectivity index (χ0v) is 24.4. The Bertz CT molecular complexity index is 1700. The second-order valence-electron chi connectivity index (χ2n) is 8.26. The van der Waals surface area contributed by atoms with Crippen LogP contribution in [0.15, 0.2) is 59.8 Å². The summed E-state index contributed by atoms with van der Waals surface area (Å²) in [7, 11) is 2.51. The number of nitrogens with one attached hydrogen (secondary N) is 2. The van der Waals surface area contributed by atoms with Gasteiger partial charge in [-0.25, -0.2) is 9.97 Å². The first-order valence-corrected chi connectivity index (χ1v) is 13.9. The summed E-state index contributed by atoms with van der Waals surface area (Å²) in [5.74, 6) is 0.534. The third kappa shape index (κ3) is 6.86. The van der Waals surface area contributed by atoms with Crippen molar-refractivity contribution in [1.29, 1.82) is 5.26 Å². The minimum atomic E-state index is -1.95. The molecule has 0 aliphatic heterocycles. The van der Waals surface area contributed by atoms with Crippen LogP contribution in [0.2, 0.25) is 10.0 Å². The molecule has 10 nitrogen and oxygen atoms in total. The van der Waals surface area contributed by atoms with E-state index in [1.807, 2.05) is 6.07 Å². The number of para-hydroxylation sites is 2. The lowest BCUT2D eigenvalue weighted by molar-refractivity contribution is -0.113. The largest absolute Gasteiger partial charge is 0.495 e. The van der Waals surface area contributed by atoms with E-state index >= 15 is 0 Å². The van der Waals surface area contributed by atoms with Gasteiger partial charge in [-0.15, -0.1) is 0 Å². The molecule has 13 heteroatoms. The molecule has 210 valence electrons. The normalized spacial score (nSPS) is 11.6. The van der Waals surface area contributed by atoms with Crippen LogP contribution in [-0.2, 0) is 15.6 Å². The number of methoxy groups -OCH3 is 3. The number of hydrogen-bond acceptors (Lipinski definition) is 9. The summed E-state index contributed by atoms with van der Waals surface area (Å²) in [6.07, 6.45) is 2.87. The van der Waals surface area contributed by atoms with Crippen molar-refractivity contribution in [1.82, 2.24) is 9.97 Å².